The Morgan fingerprint density at radius 3 is 2.56 bits per heavy atom. The van der Waals surface area contributed by atoms with Crippen LogP contribution in [0.25, 0.3) is 33.9 Å². The number of fused-ring (bicyclic) bond motifs is 1. The van der Waals surface area contributed by atoms with Crippen molar-refractivity contribution in [2.75, 3.05) is 5.32 Å². The molecule has 170 valence electrons. The maximum atomic E-state index is 12.6. The van der Waals surface area contributed by atoms with Crippen LogP contribution in [-0.2, 0) is 0 Å². The number of furan rings is 1. The van der Waals surface area contributed by atoms with Gasteiger partial charge in [-0.1, -0.05) is 43.6 Å². The second-order valence-electron chi connectivity index (χ2n) is 8.26. The third-order valence-corrected chi connectivity index (χ3v) is 6.16. The molecule has 1 unspecified atom stereocenters. The maximum Gasteiger partial charge on any atom is 0.291 e. The van der Waals surface area contributed by atoms with Crippen molar-refractivity contribution in [2.24, 2.45) is 0 Å². The van der Waals surface area contributed by atoms with E-state index >= 15 is 0 Å². The van der Waals surface area contributed by atoms with Crippen LogP contribution in [0.2, 0.25) is 5.02 Å². The van der Waals surface area contributed by atoms with Crippen LogP contribution in [0.1, 0.15) is 42.3 Å². The van der Waals surface area contributed by atoms with Crippen molar-refractivity contribution in [1.82, 2.24) is 4.98 Å². The molecule has 5 rings (SSSR count). The Kier molecular flexibility index (Phi) is 5.95. The Labute approximate surface area is 202 Å². The van der Waals surface area contributed by atoms with Gasteiger partial charge in [0.15, 0.2) is 11.3 Å². The first kappa shape index (κ1) is 22.0. The van der Waals surface area contributed by atoms with Crippen LogP contribution in [0.15, 0.2) is 87.7 Å². The average molecular weight is 471 g/mol. The summed E-state index contributed by atoms with van der Waals surface area (Å²) in [6.07, 6.45) is 1.07. The fourth-order valence-corrected chi connectivity index (χ4v) is 3.95. The summed E-state index contributed by atoms with van der Waals surface area (Å²) in [6, 6.07) is 24.2. The molecule has 5 aromatic rings. The molecule has 0 radical (unpaired) electrons. The van der Waals surface area contributed by atoms with E-state index in [4.69, 9.17) is 20.4 Å². The van der Waals surface area contributed by atoms with Gasteiger partial charge in [-0.2, -0.15) is 0 Å². The Hall–Kier alpha value is -3.83. The smallest absolute Gasteiger partial charge is 0.291 e. The molecule has 1 amide bonds. The first-order valence-electron chi connectivity index (χ1n) is 11.2. The molecule has 0 fully saturated rings. The number of halogens is 1. The quantitative estimate of drug-likeness (QED) is 0.271. The van der Waals surface area contributed by atoms with Gasteiger partial charge < -0.3 is 14.2 Å². The Bertz CT molecular complexity index is 1470. The molecule has 5 nitrogen and oxygen atoms in total. The van der Waals surface area contributed by atoms with Crippen molar-refractivity contribution < 1.29 is 13.6 Å². The maximum absolute atomic E-state index is 12.6. The Morgan fingerprint density at radius 2 is 1.79 bits per heavy atom. The Morgan fingerprint density at radius 1 is 0.971 bits per heavy atom. The molecule has 0 spiro atoms. The molecule has 34 heavy (non-hydrogen) atoms. The lowest BCUT2D eigenvalue weighted by atomic mass is 9.98. The van der Waals surface area contributed by atoms with Gasteiger partial charge in [-0.05, 0) is 78.6 Å². The van der Waals surface area contributed by atoms with Gasteiger partial charge >= 0.3 is 0 Å². The van der Waals surface area contributed by atoms with Crippen LogP contribution in [0, 0.1) is 0 Å². The fraction of sp³-hybridized carbons (Fsp3) is 0.143. The third kappa shape index (κ3) is 4.47. The number of nitrogens with one attached hydrogen (secondary N) is 1. The second-order valence-corrected chi connectivity index (χ2v) is 8.70. The lowest BCUT2D eigenvalue weighted by molar-refractivity contribution is 0.0997. The molecule has 2 aromatic heterocycles. The lowest BCUT2D eigenvalue weighted by Gasteiger charge is -2.07. The van der Waals surface area contributed by atoms with E-state index in [1.54, 1.807) is 24.3 Å². The Balaban J connectivity index is 1.30. The van der Waals surface area contributed by atoms with E-state index in [9.17, 15) is 4.79 Å². The van der Waals surface area contributed by atoms with Crippen LogP contribution in [-0.4, -0.2) is 10.9 Å². The normalized spacial score (nSPS) is 12.1. The number of aromatic nitrogens is 1. The summed E-state index contributed by atoms with van der Waals surface area (Å²) in [5.41, 5.74) is 5.14. The number of hydrogen-bond donors (Lipinski definition) is 1. The molecule has 0 saturated heterocycles. The molecular formula is C28H23ClN2O3. The molecule has 0 saturated carbocycles. The van der Waals surface area contributed by atoms with Gasteiger partial charge in [0, 0.05) is 21.8 Å². The molecule has 1 N–H and O–H groups in total. The van der Waals surface area contributed by atoms with E-state index < -0.39 is 0 Å². The number of benzene rings is 3. The summed E-state index contributed by atoms with van der Waals surface area (Å²) in [6.45, 7) is 4.38. The first-order chi connectivity index (χ1) is 16.5. The van der Waals surface area contributed by atoms with Gasteiger partial charge in [-0.15, -0.1) is 0 Å². The van der Waals surface area contributed by atoms with Gasteiger partial charge in [0.2, 0.25) is 5.89 Å². The first-order valence-corrected chi connectivity index (χ1v) is 11.6. The number of rotatable bonds is 6. The van der Waals surface area contributed by atoms with Gasteiger partial charge in [0.1, 0.15) is 11.3 Å². The molecule has 0 aliphatic carbocycles. The minimum atomic E-state index is -0.333. The number of carbonyl (C=O) groups excluding carboxylic acids is 1. The standard InChI is InChI=1S/C28H23ClN2O3/c1-3-17(2)19-9-12-25-23(16-19)31-28(34-25)18-7-10-22(11-8-18)30-27(32)26-14-13-24(33-26)20-5-4-6-21(29)15-20/h4-17H,3H2,1-2H3,(H,30,32). The van der Waals surface area contributed by atoms with Crippen molar-refractivity contribution >= 4 is 34.3 Å². The van der Waals surface area contributed by atoms with Crippen LogP contribution >= 0.6 is 11.6 Å². The minimum absolute atomic E-state index is 0.218. The van der Waals surface area contributed by atoms with E-state index in [-0.39, 0.29) is 11.7 Å². The van der Waals surface area contributed by atoms with Crippen LogP contribution in [0.4, 0.5) is 5.69 Å². The summed E-state index contributed by atoms with van der Waals surface area (Å²) in [5.74, 6) is 1.49. The SMILES string of the molecule is CCC(C)c1ccc2oc(-c3ccc(NC(=O)c4ccc(-c5cccc(Cl)c5)o4)cc3)nc2c1. The van der Waals surface area contributed by atoms with Crippen molar-refractivity contribution in [3.63, 3.8) is 0 Å². The number of hydrogen-bond acceptors (Lipinski definition) is 4. The highest BCUT2D eigenvalue weighted by molar-refractivity contribution is 6.30. The highest BCUT2D eigenvalue weighted by Crippen LogP contribution is 2.29. The van der Waals surface area contributed by atoms with E-state index in [0.717, 1.165) is 28.6 Å². The largest absolute Gasteiger partial charge is 0.451 e. The van der Waals surface area contributed by atoms with E-state index in [2.05, 4.69) is 36.3 Å². The summed E-state index contributed by atoms with van der Waals surface area (Å²) >= 11 is 6.04. The summed E-state index contributed by atoms with van der Waals surface area (Å²) < 4.78 is 11.7. The minimum Gasteiger partial charge on any atom is -0.451 e. The lowest BCUT2D eigenvalue weighted by Crippen LogP contribution is -2.10. The molecule has 0 aliphatic rings. The second kappa shape index (κ2) is 9.20. The van der Waals surface area contributed by atoms with Gasteiger partial charge in [0.05, 0.1) is 0 Å². The highest BCUT2D eigenvalue weighted by Gasteiger charge is 2.14. The number of anilines is 1. The van der Waals surface area contributed by atoms with Gasteiger partial charge in [0.25, 0.3) is 5.91 Å². The van der Waals surface area contributed by atoms with Gasteiger partial charge in [-0.3, -0.25) is 4.79 Å². The highest BCUT2D eigenvalue weighted by atomic mass is 35.5. The van der Waals surface area contributed by atoms with E-state index in [1.165, 1.54) is 5.56 Å². The number of carbonyl (C=O) groups is 1. The molecule has 2 heterocycles. The van der Waals surface area contributed by atoms with Crippen molar-refractivity contribution in [3.05, 3.63) is 95.2 Å². The molecule has 1 atom stereocenters. The fourth-order valence-electron chi connectivity index (χ4n) is 3.76. The third-order valence-electron chi connectivity index (χ3n) is 5.92. The van der Waals surface area contributed by atoms with Crippen molar-refractivity contribution in [3.8, 4) is 22.8 Å². The summed E-state index contributed by atoms with van der Waals surface area (Å²) in [5, 5.41) is 3.46. The molecule has 0 aliphatic heterocycles. The van der Waals surface area contributed by atoms with E-state index in [0.29, 0.717) is 28.3 Å². The number of oxazole rings is 1. The zero-order valence-electron chi connectivity index (χ0n) is 18.8. The predicted molar refractivity (Wildman–Crippen MR) is 135 cm³/mol. The molecule has 3 aromatic carbocycles. The molecule has 0 bridgehead atoms. The average Bonchev–Trinajstić information content (AvgIpc) is 3.51. The van der Waals surface area contributed by atoms with Crippen molar-refractivity contribution in [1.29, 1.82) is 0 Å². The van der Waals surface area contributed by atoms with Gasteiger partial charge in [-0.25, -0.2) is 4.98 Å². The topological polar surface area (TPSA) is 68.3 Å². The van der Waals surface area contributed by atoms with Crippen LogP contribution in [0.5, 0.6) is 0 Å². The number of amides is 1. The molecule has 6 heteroatoms. The van der Waals surface area contributed by atoms with Crippen LogP contribution < -0.4 is 5.32 Å². The molecular weight excluding hydrogens is 448 g/mol. The number of nitrogens with zero attached hydrogens (tertiary/aromatic N) is 1. The van der Waals surface area contributed by atoms with Crippen molar-refractivity contribution in [2.45, 2.75) is 26.2 Å². The summed E-state index contributed by atoms with van der Waals surface area (Å²) in [7, 11) is 0. The predicted octanol–water partition coefficient (Wildman–Crippen LogP) is 8.17. The van der Waals surface area contributed by atoms with Crippen LogP contribution in [0.3, 0.4) is 0 Å². The van der Waals surface area contributed by atoms with E-state index in [1.807, 2.05) is 42.5 Å². The zero-order valence-corrected chi connectivity index (χ0v) is 19.6. The monoisotopic (exact) mass is 470 g/mol. The zero-order chi connectivity index (χ0) is 23.7. The summed E-state index contributed by atoms with van der Waals surface area (Å²) in [4.78, 5) is 17.3.